The number of nitrogens with one attached hydrogen (secondary N) is 4. The normalized spacial score (nSPS) is 27.4. The van der Waals surface area contributed by atoms with Gasteiger partial charge in [0.1, 0.15) is 31.0 Å². The lowest BCUT2D eigenvalue weighted by Crippen LogP contribution is -2.94. The van der Waals surface area contributed by atoms with Gasteiger partial charge in [0, 0.05) is 36.5 Å². The molecular formula is C48H56ClN5O10. The number of nitrogens with two attached hydrogens (primary N) is 1. The number of benzene rings is 3. The van der Waals surface area contributed by atoms with Crippen LogP contribution in [0.25, 0.3) is 6.08 Å². The van der Waals surface area contributed by atoms with Crippen LogP contribution < -0.4 is 31.7 Å². The predicted octanol–water partition coefficient (Wildman–Crippen LogP) is 6.42. The number of urea groups is 1. The van der Waals surface area contributed by atoms with E-state index in [0.717, 1.165) is 23.0 Å². The summed E-state index contributed by atoms with van der Waals surface area (Å²) in [7, 11) is 2.99. The van der Waals surface area contributed by atoms with Crippen LogP contribution >= 0.6 is 11.6 Å². The van der Waals surface area contributed by atoms with Gasteiger partial charge >= 0.3 is 18.1 Å². The molecule has 1 heterocycles. The van der Waals surface area contributed by atoms with Crippen LogP contribution in [0.2, 0.25) is 5.02 Å². The van der Waals surface area contributed by atoms with Crippen molar-refractivity contribution in [2.45, 2.75) is 77.0 Å². The van der Waals surface area contributed by atoms with E-state index in [0.29, 0.717) is 57.9 Å². The molecule has 3 aromatic rings. The Labute approximate surface area is 377 Å². The summed E-state index contributed by atoms with van der Waals surface area (Å²) in [4.78, 5) is 63.5. The highest BCUT2D eigenvalue weighted by atomic mass is 35.5. The zero-order valence-corrected chi connectivity index (χ0v) is 37.2. The third kappa shape index (κ3) is 7.64. The molecule has 64 heavy (non-hydrogen) atoms. The van der Waals surface area contributed by atoms with Gasteiger partial charge in [-0.05, 0) is 96.4 Å². The molecule has 8 rings (SSSR count). The molecule has 0 radical (unpaired) electrons. The molecular weight excluding hydrogens is 842 g/mol. The molecule has 0 bridgehead atoms. The SMILES string of the molecule is COC(=O)/C=C/c1ccc(C2(OC)OCC23C2CC4CC5CC3C452)c(Cl)c1OCc1ccc(NC(=O)C(CCCNC(N)=O)NC(=O)C(NC(=O)OCc2ccccc2)C(C)C)cc1. The van der Waals surface area contributed by atoms with Crippen molar-refractivity contribution in [3.05, 3.63) is 100 Å². The predicted molar refractivity (Wildman–Crippen MR) is 236 cm³/mol. The van der Waals surface area contributed by atoms with Gasteiger partial charge in [-0.2, -0.15) is 0 Å². The Morgan fingerprint density at radius 3 is 2.20 bits per heavy atom. The fourth-order valence-electron chi connectivity index (χ4n) is 11.6. The van der Waals surface area contributed by atoms with Crippen LogP contribution in [0.5, 0.6) is 5.75 Å². The number of anilines is 1. The maximum atomic E-state index is 13.7. The number of amides is 5. The molecule has 7 unspecified atom stereocenters. The Balaban J connectivity index is 0.939. The lowest BCUT2D eigenvalue weighted by molar-refractivity contribution is -0.566. The molecule has 7 atom stereocenters. The molecule has 16 heteroatoms. The third-order valence-corrected chi connectivity index (χ3v) is 15.0. The van der Waals surface area contributed by atoms with Gasteiger partial charge in [0.05, 0.1) is 24.2 Å². The first-order valence-corrected chi connectivity index (χ1v) is 22.3. The molecule has 5 fully saturated rings. The molecule has 2 spiro atoms. The highest BCUT2D eigenvalue weighted by Gasteiger charge is 2.95. The first-order chi connectivity index (χ1) is 30.8. The molecule has 0 aromatic heterocycles. The van der Waals surface area contributed by atoms with Crippen LogP contribution in [0.15, 0.2) is 72.8 Å². The highest BCUT2D eigenvalue weighted by molar-refractivity contribution is 6.33. The summed E-state index contributed by atoms with van der Waals surface area (Å²) >= 11 is 7.29. The Kier molecular flexibility index (Phi) is 12.7. The molecule has 3 aromatic carbocycles. The van der Waals surface area contributed by atoms with Crippen molar-refractivity contribution in [1.29, 1.82) is 0 Å². The van der Waals surface area contributed by atoms with E-state index in [1.165, 1.54) is 32.4 Å². The number of fused-ring (bicyclic) bond motifs is 2. The zero-order chi connectivity index (χ0) is 45.4. The molecule has 340 valence electrons. The van der Waals surface area contributed by atoms with E-state index in [-0.39, 0.29) is 37.5 Å². The minimum absolute atomic E-state index is 0.0189. The van der Waals surface area contributed by atoms with Crippen molar-refractivity contribution < 1.29 is 47.7 Å². The topological polar surface area (TPSA) is 206 Å². The standard InChI is InChI=1S/C48H56ClN5O10/c1-27(2)40(54-45(59)63-25-28-9-6-5-7-10-28)43(57)53-35(11-8-20-51-44(50)58)42(56)52-33-16-12-29(13-17-33)24-62-41-30(15-19-38(55)60-3)14-18-34(39(41)49)48(61-4)46(26-64-48)36-22-31-21-32-23-37(46)47(31,32)36/h5-7,9-10,12-19,27,31-32,35-37,40H,8,11,20-26H2,1-4H3,(H,52,56)(H,53,57)(H,54,59)(H3,50,51,58)/b19-15+. The Morgan fingerprint density at radius 2 is 1.59 bits per heavy atom. The van der Waals surface area contributed by atoms with Gasteiger partial charge in [-0.3, -0.25) is 9.59 Å². The second-order valence-corrected chi connectivity index (χ2v) is 18.3. The van der Waals surface area contributed by atoms with Crippen molar-refractivity contribution in [1.82, 2.24) is 16.0 Å². The van der Waals surface area contributed by atoms with Crippen LogP contribution in [0.3, 0.4) is 0 Å². The maximum Gasteiger partial charge on any atom is 0.408 e. The van der Waals surface area contributed by atoms with Crippen LogP contribution in [0, 0.1) is 40.4 Å². The maximum absolute atomic E-state index is 13.7. The van der Waals surface area contributed by atoms with Crippen LogP contribution in [0.4, 0.5) is 15.3 Å². The van der Waals surface area contributed by atoms with Crippen LogP contribution in [-0.2, 0) is 52.3 Å². The van der Waals surface area contributed by atoms with Crippen LogP contribution in [0.1, 0.15) is 68.2 Å². The number of carbonyl (C=O) groups is 5. The summed E-state index contributed by atoms with van der Waals surface area (Å²) in [6.45, 7) is 4.45. The molecule has 6 N–H and O–H groups in total. The minimum atomic E-state index is -1.04. The summed E-state index contributed by atoms with van der Waals surface area (Å²) < 4.78 is 29.4. The van der Waals surface area contributed by atoms with E-state index >= 15 is 0 Å². The van der Waals surface area contributed by atoms with Gasteiger partial charge in [-0.25, -0.2) is 14.4 Å². The lowest BCUT2D eigenvalue weighted by atomic mass is 9.10. The number of carbonyl (C=O) groups excluding carboxylic acids is 5. The number of hydrogen-bond donors (Lipinski definition) is 5. The van der Waals surface area contributed by atoms with Crippen molar-refractivity contribution in [2.75, 3.05) is 32.7 Å². The molecule has 4 aliphatic carbocycles. The fourth-order valence-corrected chi connectivity index (χ4v) is 12.0. The fraction of sp³-hybridized carbons (Fsp3) is 0.479. The number of esters is 1. The number of methoxy groups -OCH3 is 2. The summed E-state index contributed by atoms with van der Waals surface area (Å²) in [6.07, 6.45) is 6.35. The first kappa shape index (κ1) is 44.9. The smallest absolute Gasteiger partial charge is 0.408 e. The number of alkyl carbamates (subject to hydrolysis) is 1. The number of halogens is 1. The molecule has 5 aliphatic rings. The summed E-state index contributed by atoms with van der Waals surface area (Å²) in [5.41, 5.74) is 8.82. The summed E-state index contributed by atoms with van der Waals surface area (Å²) in [5.74, 6) is 0.147. The molecule has 1 aliphatic heterocycles. The Hall–Kier alpha value is -5.64. The summed E-state index contributed by atoms with van der Waals surface area (Å²) in [6, 6.07) is 17.1. The summed E-state index contributed by atoms with van der Waals surface area (Å²) in [5, 5.41) is 11.1. The quantitative estimate of drug-likeness (QED) is 0.0507. The largest absolute Gasteiger partial charge is 0.487 e. The molecule has 15 nitrogen and oxygen atoms in total. The van der Waals surface area contributed by atoms with E-state index in [2.05, 4.69) is 21.3 Å². The van der Waals surface area contributed by atoms with Crippen molar-refractivity contribution in [3.8, 4) is 5.75 Å². The lowest BCUT2D eigenvalue weighted by Gasteiger charge is -2.95. The second kappa shape index (κ2) is 18.1. The molecule has 5 amide bonds. The van der Waals surface area contributed by atoms with E-state index in [1.54, 1.807) is 51.3 Å². The van der Waals surface area contributed by atoms with Gasteiger partial charge in [0.25, 0.3) is 0 Å². The first-order valence-electron chi connectivity index (χ1n) is 21.9. The third-order valence-electron chi connectivity index (χ3n) is 14.6. The van der Waals surface area contributed by atoms with E-state index in [1.807, 2.05) is 42.5 Å². The van der Waals surface area contributed by atoms with E-state index in [9.17, 15) is 24.0 Å². The average molecular weight is 898 g/mol. The second-order valence-electron chi connectivity index (χ2n) is 18.0. The van der Waals surface area contributed by atoms with Gasteiger partial charge in [-0.15, -0.1) is 0 Å². The Bertz CT molecular complexity index is 2280. The van der Waals surface area contributed by atoms with Gasteiger partial charge < -0.3 is 50.7 Å². The van der Waals surface area contributed by atoms with Crippen molar-refractivity contribution >= 4 is 53.3 Å². The minimum Gasteiger partial charge on any atom is -0.487 e. The zero-order valence-electron chi connectivity index (χ0n) is 36.4. The van der Waals surface area contributed by atoms with Crippen molar-refractivity contribution in [2.24, 2.45) is 46.2 Å². The van der Waals surface area contributed by atoms with Gasteiger partial charge in [0.15, 0.2) is 0 Å². The number of hydrogen-bond acceptors (Lipinski definition) is 10. The van der Waals surface area contributed by atoms with Crippen LogP contribution in [-0.4, -0.2) is 69.4 Å². The number of ether oxygens (including phenoxy) is 5. The monoisotopic (exact) mass is 897 g/mol. The number of rotatable bonds is 19. The Morgan fingerprint density at radius 1 is 0.891 bits per heavy atom. The number of primary amides is 1. The average Bonchev–Trinajstić information content (AvgIpc) is 3.24. The van der Waals surface area contributed by atoms with E-state index in [4.69, 9.17) is 41.0 Å². The molecule has 4 saturated carbocycles. The highest BCUT2D eigenvalue weighted by Crippen LogP contribution is 2.96. The van der Waals surface area contributed by atoms with Gasteiger partial charge in [-0.1, -0.05) is 80.0 Å². The molecule has 1 saturated heterocycles. The van der Waals surface area contributed by atoms with E-state index < -0.39 is 47.8 Å². The van der Waals surface area contributed by atoms with Crippen molar-refractivity contribution in [3.63, 3.8) is 0 Å². The van der Waals surface area contributed by atoms with Gasteiger partial charge in [0.2, 0.25) is 17.6 Å².